The van der Waals surface area contributed by atoms with Gasteiger partial charge in [0, 0.05) is 24.7 Å². The third kappa shape index (κ3) is 5.15. The van der Waals surface area contributed by atoms with Crippen LogP contribution < -0.4 is 15.4 Å². The normalized spacial score (nSPS) is 18.4. The molecule has 11 heteroatoms. The van der Waals surface area contributed by atoms with Crippen LogP contribution >= 0.6 is 11.3 Å². The maximum absolute atomic E-state index is 12.9. The predicted octanol–water partition coefficient (Wildman–Crippen LogP) is 1.70. The van der Waals surface area contributed by atoms with E-state index < -0.39 is 22.0 Å². The number of ether oxygens (including phenoxy) is 1. The minimum atomic E-state index is -3.72. The van der Waals surface area contributed by atoms with E-state index >= 15 is 0 Å². The lowest BCUT2D eigenvalue weighted by Gasteiger charge is -2.31. The Morgan fingerprint density at radius 2 is 2.03 bits per heavy atom. The molecule has 0 saturated carbocycles. The molecule has 1 aromatic carbocycles. The fourth-order valence-corrected chi connectivity index (χ4v) is 5.22. The molecule has 0 radical (unpaired) electrons. The molecule has 1 saturated heterocycles. The number of benzene rings is 1. The highest BCUT2D eigenvalue weighted by atomic mass is 32.2. The third-order valence-electron chi connectivity index (χ3n) is 4.87. The first kappa shape index (κ1) is 22.2. The van der Waals surface area contributed by atoms with Crippen LogP contribution in [0.5, 0.6) is 5.75 Å². The van der Waals surface area contributed by atoms with Crippen LogP contribution in [0.15, 0.2) is 40.7 Å². The summed E-state index contributed by atoms with van der Waals surface area (Å²) in [5.74, 6) is -0.681. The van der Waals surface area contributed by atoms with Crippen LogP contribution in [0.4, 0.5) is 5.13 Å². The number of sulfonamides is 1. The van der Waals surface area contributed by atoms with E-state index in [4.69, 9.17) is 4.74 Å². The second-order valence-corrected chi connectivity index (χ2v) is 9.77. The van der Waals surface area contributed by atoms with E-state index in [2.05, 4.69) is 15.6 Å². The molecular formula is C19H24N4O5S2. The number of anilines is 1. The number of piperidine rings is 1. The summed E-state index contributed by atoms with van der Waals surface area (Å²) in [5, 5.41) is 7.50. The highest BCUT2D eigenvalue weighted by molar-refractivity contribution is 7.89. The van der Waals surface area contributed by atoms with Crippen molar-refractivity contribution in [3.05, 3.63) is 35.8 Å². The van der Waals surface area contributed by atoms with Crippen molar-refractivity contribution in [3.8, 4) is 5.75 Å². The van der Waals surface area contributed by atoms with Crippen molar-refractivity contribution >= 4 is 38.3 Å². The molecule has 162 valence electrons. The first-order valence-corrected chi connectivity index (χ1v) is 11.8. The molecule has 0 aliphatic carbocycles. The molecule has 1 fully saturated rings. The maximum atomic E-state index is 12.9. The molecule has 2 aromatic rings. The molecule has 0 spiro atoms. The van der Waals surface area contributed by atoms with Gasteiger partial charge in [-0.1, -0.05) is 0 Å². The van der Waals surface area contributed by atoms with Crippen LogP contribution in [-0.2, 0) is 19.6 Å². The van der Waals surface area contributed by atoms with Gasteiger partial charge in [-0.2, -0.15) is 4.31 Å². The number of aromatic nitrogens is 1. The van der Waals surface area contributed by atoms with Crippen molar-refractivity contribution < 1.29 is 22.7 Å². The van der Waals surface area contributed by atoms with Gasteiger partial charge >= 0.3 is 0 Å². The molecule has 1 aliphatic heterocycles. The quantitative estimate of drug-likeness (QED) is 0.660. The molecule has 2 heterocycles. The van der Waals surface area contributed by atoms with Gasteiger partial charge in [-0.3, -0.25) is 9.59 Å². The summed E-state index contributed by atoms with van der Waals surface area (Å²) in [6, 6.07) is 5.38. The Morgan fingerprint density at radius 3 is 2.67 bits per heavy atom. The fraction of sp³-hybridized carbons (Fsp3) is 0.421. The van der Waals surface area contributed by atoms with Gasteiger partial charge in [0.2, 0.25) is 21.8 Å². The number of thiazole rings is 1. The van der Waals surface area contributed by atoms with Gasteiger partial charge in [0.1, 0.15) is 11.8 Å². The monoisotopic (exact) mass is 452 g/mol. The summed E-state index contributed by atoms with van der Waals surface area (Å²) in [4.78, 5) is 29.0. The Morgan fingerprint density at radius 1 is 1.30 bits per heavy atom. The van der Waals surface area contributed by atoms with E-state index in [1.807, 2.05) is 0 Å². The zero-order valence-electron chi connectivity index (χ0n) is 16.7. The van der Waals surface area contributed by atoms with Gasteiger partial charge in [0.15, 0.2) is 5.13 Å². The topological polar surface area (TPSA) is 118 Å². The van der Waals surface area contributed by atoms with Gasteiger partial charge in [0.25, 0.3) is 0 Å². The number of amides is 2. The Labute approximate surface area is 179 Å². The number of methoxy groups -OCH3 is 1. The first-order valence-electron chi connectivity index (χ1n) is 9.46. The van der Waals surface area contributed by atoms with Gasteiger partial charge in [-0.05, 0) is 44.0 Å². The van der Waals surface area contributed by atoms with Crippen molar-refractivity contribution in [2.45, 2.75) is 30.7 Å². The Kier molecular flexibility index (Phi) is 7.06. The van der Waals surface area contributed by atoms with Gasteiger partial charge in [-0.15, -0.1) is 11.3 Å². The predicted molar refractivity (Wildman–Crippen MR) is 113 cm³/mol. The summed E-state index contributed by atoms with van der Waals surface area (Å²) in [6.07, 6.45) is 2.69. The maximum Gasteiger partial charge on any atom is 0.248 e. The molecule has 30 heavy (non-hydrogen) atoms. The number of rotatable bonds is 7. The molecule has 3 rings (SSSR count). The van der Waals surface area contributed by atoms with Crippen LogP contribution in [0.25, 0.3) is 0 Å². The Bertz CT molecular complexity index is 977. The van der Waals surface area contributed by atoms with E-state index in [0.717, 1.165) is 0 Å². The van der Waals surface area contributed by atoms with E-state index in [1.165, 1.54) is 34.9 Å². The molecule has 0 bridgehead atoms. The molecule has 1 aromatic heterocycles. The minimum Gasteiger partial charge on any atom is -0.497 e. The van der Waals surface area contributed by atoms with Crippen LogP contribution in [0.1, 0.15) is 19.8 Å². The van der Waals surface area contributed by atoms with E-state index in [9.17, 15) is 18.0 Å². The van der Waals surface area contributed by atoms with Gasteiger partial charge in [0.05, 0.1) is 17.9 Å². The number of nitrogens with zero attached hydrogens (tertiary/aromatic N) is 2. The third-order valence-corrected chi connectivity index (χ3v) is 7.43. The van der Waals surface area contributed by atoms with Crippen molar-refractivity contribution in [3.63, 3.8) is 0 Å². The number of hydrogen-bond acceptors (Lipinski definition) is 7. The first-order chi connectivity index (χ1) is 14.3. The second kappa shape index (κ2) is 9.54. The lowest BCUT2D eigenvalue weighted by atomic mass is 9.98. The fourth-order valence-electron chi connectivity index (χ4n) is 3.17. The lowest BCUT2D eigenvalue weighted by molar-refractivity contribution is -0.129. The second-order valence-electron chi connectivity index (χ2n) is 6.93. The highest BCUT2D eigenvalue weighted by Crippen LogP contribution is 2.25. The molecule has 2 amide bonds. The Balaban J connectivity index is 1.61. The van der Waals surface area contributed by atoms with Gasteiger partial charge < -0.3 is 15.4 Å². The van der Waals surface area contributed by atoms with E-state index in [-0.39, 0.29) is 23.3 Å². The summed E-state index contributed by atoms with van der Waals surface area (Å²) in [6.45, 7) is 1.99. The minimum absolute atomic E-state index is 0.0705. The molecule has 1 aliphatic rings. The number of carbonyl (C=O) groups is 2. The SMILES string of the molecule is COc1ccc(S(=O)(=O)N2CCC[C@H](C(=O)N[C@@H](C)C(=O)Nc3nccs3)C2)cc1. The average molecular weight is 453 g/mol. The zero-order chi connectivity index (χ0) is 21.7. The van der Waals surface area contributed by atoms with Crippen molar-refractivity contribution in [2.24, 2.45) is 5.92 Å². The largest absolute Gasteiger partial charge is 0.497 e. The van der Waals surface area contributed by atoms with Crippen molar-refractivity contribution in [1.29, 1.82) is 0 Å². The zero-order valence-corrected chi connectivity index (χ0v) is 18.3. The van der Waals surface area contributed by atoms with E-state index in [0.29, 0.717) is 30.3 Å². The summed E-state index contributed by atoms with van der Waals surface area (Å²) >= 11 is 1.28. The van der Waals surface area contributed by atoms with Crippen LogP contribution in [0, 0.1) is 5.92 Å². The number of carbonyl (C=O) groups excluding carboxylic acids is 2. The standard InChI is InChI=1S/C19H24N4O5S2/c1-13(17(24)22-19-20-9-11-29-19)21-18(25)14-4-3-10-23(12-14)30(26,27)16-7-5-15(28-2)6-8-16/h5-9,11,13-14H,3-4,10,12H2,1-2H3,(H,21,25)(H,20,22,24)/t13-,14-/m0/s1. The molecule has 0 unspecified atom stereocenters. The summed E-state index contributed by atoms with van der Waals surface area (Å²) < 4.78 is 32.3. The Hall–Kier alpha value is -2.50. The van der Waals surface area contributed by atoms with Crippen LogP contribution in [0.3, 0.4) is 0 Å². The number of hydrogen-bond donors (Lipinski definition) is 2. The number of nitrogens with one attached hydrogen (secondary N) is 2. The summed E-state index contributed by atoms with van der Waals surface area (Å²) in [7, 11) is -2.21. The van der Waals surface area contributed by atoms with Crippen LogP contribution in [-0.4, -0.2) is 55.8 Å². The van der Waals surface area contributed by atoms with E-state index in [1.54, 1.807) is 30.6 Å². The molecule has 2 atom stereocenters. The highest BCUT2D eigenvalue weighted by Gasteiger charge is 2.34. The van der Waals surface area contributed by atoms with Crippen molar-refractivity contribution in [2.75, 3.05) is 25.5 Å². The smallest absolute Gasteiger partial charge is 0.248 e. The average Bonchev–Trinajstić information content (AvgIpc) is 3.26. The van der Waals surface area contributed by atoms with Crippen LogP contribution in [0.2, 0.25) is 0 Å². The molecule has 9 nitrogen and oxygen atoms in total. The van der Waals surface area contributed by atoms with Crippen molar-refractivity contribution in [1.82, 2.24) is 14.6 Å². The summed E-state index contributed by atoms with van der Waals surface area (Å²) in [5.41, 5.74) is 0. The molecular weight excluding hydrogens is 428 g/mol. The van der Waals surface area contributed by atoms with Gasteiger partial charge in [-0.25, -0.2) is 13.4 Å². The molecule has 2 N–H and O–H groups in total. The lowest BCUT2D eigenvalue weighted by Crippen LogP contribution is -2.49.